The summed E-state index contributed by atoms with van der Waals surface area (Å²) in [6.45, 7) is 0.512. The van der Waals surface area contributed by atoms with Crippen LogP contribution in [0.25, 0.3) is 0 Å². The zero-order chi connectivity index (χ0) is 16.9. The highest BCUT2D eigenvalue weighted by Gasteiger charge is 2.12. The normalized spacial score (nSPS) is 10.4. The number of nitrogens with one attached hydrogen (secondary N) is 2. The Morgan fingerprint density at radius 3 is 2.83 bits per heavy atom. The van der Waals surface area contributed by atoms with Gasteiger partial charge in [0.2, 0.25) is 0 Å². The van der Waals surface area contributed by atoms with Crippen LogP contribution in [0.15, 0.2) is 59.3 Å². The Balaban J connectivity index is 1.71. The van der Waals surface area contributed by atoms with E-state index in [4.69, 9.17) is 27.6 Å². The summed E-state index contributed by atoms with van der Waals surface area (Å²) in [7, 11) is 0. The highest BCUT2D eigenvalue weighted by molar-refractivity contribution is 6.44. The van der Waals surface area contributed by atoms with E-state index in [1.165, 1.54) is 0 Å². The molecule has 3 aromatic rings. The maximum absolute atomic E-state index is 12.3. The van der Waals surface area contributed by atoms with Gasteiger partial charge in [0.1, 0.15) is 11.5 Å². The predicted molar refractivity (Wildman–Crippen MR) is 94.7 cm³/mol. The number of furan rings is 1. The Bertz CT molecular complexity index is 851. The number of anilines is 2. The van der Waals surface area contributed by atoms with E-state index in [1.807, 2.05) is 12.1 Å². The fourth-order valence-electron chi connectivity index (χ4n) is 2.05. The third-order valence-electron chi connectivity index (χ3n) is 3.24. The highest BCUT2D eigenvalue weighted by atomic mass is 35.5. The molecule has 0 bridgehead atoms. The number of amides is 1. The Morgan fingerprint density at radius 2 is 2.04 bits per heavy atom. The molecular weight excluding hydrogens is 349 g/mol. The van der Waals surface area contributed by atoms with Gasteiger partial charge in [0.15, 0.2) is 0 Å². The van der Waals surface area contributed by atoms with Crippen LogP contribution < -0.4 is 10.6 Å². The molecule has 0 aliphatic carbocycles. The molecule has 122 valence electrons. The molecule has 5 nitrogen and oxygen atoms in total. The van der Waals surface area contributed by atoms with Crippen LogP contribution in [0.3, 0.4) is 0 Å². The average molecular weight is 362 g/mol. The van der Waals surface area contributed by atoms with Crippen LogP contribution >= 0.6 is 23.2 Å². The van der Waals surface area contributed by atoms with Gasteiger partial charge >= 0.3 is 0 Å². The predicted octanol–water partition coefficient (Wildman–Crippen LogP) is 4.85. The van der Waals surface area contributed by atoms with Crippen molar-refractivity contribution in [1.29, 1.82) is 0 Å². The number of halogens is 2. The zero-order valence-corrected chi connectivity index (χ0v) is 13.9. The van der Waals surface area contributed by atoms with E-state index in [0.717, 1.165) is 11.4 Å². The molecule has 0 spiro atoms. The van der Waals surface area contributed by atoms with Crippen molar-refractivity contribution >= 4 is 40.5 Å². The number of pyridine rings is 1. The topological polar surface area (TPSA) is 67.2 Å². The summed E-state index contributed by atoms with van der Waals surface area (Å²) in [6, 6.07) is 12.1. The van der Waals surface area contributed by atoms with Gasteiger partial charge in [-0.1, -0.05) is 29.3 Å². The molecule has 0 aliphatic rings. The van der Waals surface area contributed by atoms with Crippen molar-refractivity contribution in [2.45, 2.75) is 6.54 Å². The molecule has 0 atom stereocenters. The van der Waals surface area contributed by atoms with E-state index >= 15 is 0 Å². The Kier molecular flexibility index (Phi) is 5.03. The average Bonchev–Trinajstić information content (AvgIpc) is 3.11. The minimum absolute atomic E-state index is 0.260. The molecule has 0 saturated heterocycles. The Hall–Kier alpha value is -2.50. The number of carbonyl (C=O) groups excluding carboxylic acids is 1. The number of benzene rings is 1. The van der Waals surface area contributed by atoms with Crippen LogP contribution in [-0.2, 0) is 6.54 Å². The molecule has 3 rings (SSSR count). The van der Waals surface area contributed by atoms with Crippen molar-refractivity contribution in [1.82, 2.24) is 4.98 Å². The first-order valence-corrected chi connectivity index (χ1v) is 7.87. The number of hydrogen-bond acceptors (Lipinski definition) is 4. The van der Waals surface area contributed by atoms with Crippen LogP contribution in [0.4, 0.5) is 11.4 Å². The van der Waals surface area contributed by atoms with Crippen molar-refractivity contribution in [3.05, 3.63) is 76.4 Å². The fraction of sp³-hybridized carbons (Fsp3) is 0.0588. The van der Waals surface area contributed by atoms with Crippen molar-refractivity contribution in [2.24, 2.45) is 0 Å². The second-order valence-corrected chi connectivity index (χ2v) is 5.70. The van der Waals surface area contributed by atoms with Gasteiger partial charge < -0.3 is 15.1 Å². The highest BCUT2D eigenvalue weighted by Crippen LogP contribution is 2.29. The van der Waals surface area contributed by atoms with Gasteiger partial charge in [-0.05, 0) is 36.4 Å². The molecule has 1 aromatic carbocycles. The fourth-order valence-corrected chi connectivity index (χ4v) is 2.40. The van der Waals surface area contributed by atoms with E-state index in [-0.39, 0.29) is 11.6 Å². The summed E-state index contributed by atoms with van der Waals surface area (Å²) in [6.07, 6.45) is 3.16. The smallest absolute Gasteiger partial charge is 0.274 e. The SMILES string of the molecule is O=C(Nc1cccc(Cl)c1Cl)c1cc(NCc2ccco2)ccn1. The third kappa shape index (κ3) is 3.88. The minimum atomic E-state index is -0.374. The van der Waals surface area contributed by atoms with Gasteiger partial charge in [-0.15, -0.1) is 0 Å². The summed E-state index contributed by atoms with van der Waals surface area (Å²) in [5, 5.41) is 6.53. The summed E-state index contributed by atoms with van der Waals surface area (Å²) < 4.78 is 5.25. The zero-order valence-electron chi connectivity index (χ0n) is 12.4. The van der Waals surface area contributed by atoms with E-state index < -0.39 is 0 Å². The van der Waals surface area contributed by atoms with Crippen LogP contribution in [0.2, 0.25) is 10.0 Å². The van der Waals surface area contributed by atoms with E-state index in [0.29, 0.717) is 22.3 Å². The van der Waals surface area contributed by atoms with Crippen molar-refractivity contribution in [2.75, 3.05) is 10.6 Å². The molecule has 0 unspecified atom stereocenters. The van der Waals surface area contributed by atoms with Gasteiger partial charge in [-0.25, -0.2) is 0 Å². The lowest BCUT2D eigenvalue weighted by molar-refractivity contribution is 0.102. The molecule has 2 heterocycles. The quantitative estimate of drug-likeness (QED) is 0.681. The molecule has 24 heavy (non-hydrogen) atoms. The van der Waals surface area contributed by atoms with Crippen LogP contribution in [0, 0.1) is 0 Å². The van der Waals surface area contributed by atoms with E-state index in [2.05, 4.69) is 15.6 Å². The van der Waals surface area contributed by atoms with Crippen LogP contribution in [0.1, 0.15) is 16.2 Å². The Labute approximate surface area is 148 Å². The number of hydrogen-bond donors (Lipinski definition) is 2. The van der Waals surface area contributed by atoms with E-state index in [1.54, 1.807) is 42.8 Å². The minimum Gasteiger partial charge on any atom is -0.467 e. The third-order valence-corrected chi connectivity index (χ3v) is 4.06. The molecule has 1 amide bonds. The first-order chi connectivity index (χ1) is 11.6. The summed E-state index contributed by atoms with van der Waals surface area (Å²) in [5.41, 5.74) is 1.45. The number of nitrogens with zero attached hydrogens (tertiary/aromatic N) is 1. The second-order valence-electron chi connectivity index (χ2n) is 4.92. The van der Waals surface area contributed by atoms with Crippen molar-refractivity contribution in [3.63, 3.8) is 0 Å². The molecule has 0 saturated carbocycles. The summed E-state index contributed by atoms with van der Waals surface area (Å²) in [5.74, 6) is 0.421. The standard InChI is InChI=1S/C17H13Cl2N3O2/c18-13-4-1-5-14(16(13)19)22-17(23)15-9-11(6-7-20-15)21-10-12-3-2-8-24-12/h1-9H,10H2,(H,20,21)(H,22,23). The summed E-state index contributed by atoms with van der Waals surface area (Å²) in [4.78, 5) is 16.4. The largest absolute Gasteiger partial charge is 0.467 e. The lowest BCUT2D eigenvalue weighted by Gasteiger charge is -2.09. The number of aromatic nitrogens is 1. The Morgan fingerprint density at radius 1 is 1.17 bits per heavy atom. The van der Waals surface area contributed by atoms with Gasteiger partial charge in [-0.3, -0.25) is 9.78 Å². The number of rotatable bonds is 5. The van der Waals surface area contributed by atoms with Crippen LogP contribution in [0.5, 0.6) is 0 Å². The molecule has 0 fully saturated rings. The molecule has 2 N–H and O–H groups in total. The van der Waals surface area contributed by atoms with Crippen molar-refractivity contribution < 1.29 is 9.21 Å². The maximum Gasteiger partial charge on any atom is 0.274 e. The molecule has 0 aliphatic heterocycles. The van der Waals surface area contributed by atoms with Gasteiger partial charge in [0.05, 0.1) is 28.5 Å². The number of carbonyl (C=O) groups is 1. The van der Waals surface area contributed by atoms with Gasteiger partial charge in [0.25, 0.3) is 5.91 Å². The molecular formula is C17H13Cl2N3O2. The van der Waals surface area contributed by atoms with E-state index in [9.17, 15) is 4.79 Å². The first kappa shape index (κ1) is 16.4. The lowest BCUT2D eigenvalue weighted by Crippen LogP contribution is -2.14. The van der Waals surface area contributed by atoms with Crippen LogP contribution in [-0.4, -0.2) is 10.9 Å². The molecule has 2 aromatic heterocycles. The van der Waals surface area contributed by atoms with Gasteiger partial charge in [-0.2, -0.15) is 0 Å². The first-order valence-electron chi connectivity index (χ1n) is 7.11. The van der Waals surface area contributed by atoms with Crippen molar-refractivity contribution in [3.8, 4) is 0 Å². The monoisotopic (exact) mass is 361 g/mol. The molecule has 7 heteroatoms. The van der Waals surface area contributed by atoms with Gasteiger partial charge in [0, 0.05) is 11.9 Å². The summed E-state index contributed by atoms with van der Waals surface area (Å²) >= 11 is 12.0. The maximum atomic E-state index is 12.3. The molecule has 0 radical (unpaired) electrons. The second kappa shape index (κ2) is 7.38. The lowest BCUT2D eigenvalue weighted by atomic mass is 10.2.